The second-order valence-electron chi connectivity index (χ2n) is 6.30. The van der Waals surface area contributed by atoms with Crippen LogP contribution in [0.25, 0.3) is 0 Å². The minimum Gasteiger partial charge on any atom is -0.326 e. The number of halogens is 1. The lowest BCUT2D eigenvalue weighted by Gasteiger charge is -2.07. The lowest BCUT2D eigenvalue weighted by molar-refractivity contribution is -0.119. The molecule has 0 bridgehead atoms. The summed E-state index contributed by atoms with van der Waals surface area (Å²) in [5.74, 6) is -0.0297. The Morgan fingerprint density at radius 2 is 2.04 bits per heavy atom. The third-order valence-corrected chi connectivity index (χ3v) is 5.52. The van der Waals surface area contributed by atoms with Gasteiger partial charge in [0.2, 0.25) is 11.8 Å². The van der Waals surface area contributed by atoms with E-state index in [0.29, 0.717) is 21.5 Å². The lowest BCUT2D eigenvalue weighted by Crippen LogP contribution is -2.20. The molecular formula is C18H20ClN3O2S. The Balaban J connectivity index is 1.54. The van der Waals surface area contributed by atoms with E-state index in [1.807, 2.05) is 19.1 Å². The van der Waals surface area contributed by atoms with Gasteiger partial charge in [-0.1, -0.05) is 30.5 Å². The van der Waals surface area contributed by atoms with Crippen LogP contribution in [-0.2, 0) is 16.0 Å². The normalized spacial score (nSPS) is 14.5. The monoisotopic (exact) mass is 377 g/mol. The highest BCUT2D eigenvalue weighted by Crippen LogP contribution is 2.27. The van der Waals surface area contributed by atoms with Gasteiger partial charge in [0, 0.05) is 22.0 Å². The van der Waals surface area contributed by atoms with Crippen molar-refractivity contribution >= 4 is 45.6 Å². The maximum atomic E-state index is 12.1. The molecule has 0 atom stereocenters. The lowest BCUT2D eigenvalue weighted by atomic mass is 10.1. The Labute approximate surface area is 155 Å². The number of amides is 2. The van der Waals surface area contributed by atoms with Crippen molar-refractivity contribution in [3.8, 4) is 0 Å². The summed E-state index contributed by atoms with van der Waals surface area (Å²) < 4.78 is 0. The summed E-state index contributed by atoms with van der Waals surface area (Å²) in [6.07, 6.45) is 4.28. The van der Waals surface area contributed by atoms with Crippen molar-refractivity contribution in [1.82, 2.24) is 4.98 Å². The number of anilines is 2. The highest BCUT2D eigenvalue weighted by Gasteiger charge is 2.23. The predicted octanol–water partition coefficient (Wildman–Crippen LogP) is 4.41. The molecule has 5 nitrogen and oxygen atoms in total. The van der Waals surface area contributed by atoms with E-state index in [1.165, 1.54) is 11.3 Å². The quantitative estimate of drug-likeness (QED) is 0.810. The molecule has 0 aliphatic heterocycles. The number of thiazole rings is 1. The highest BCUT2D eigenvalue weighted by molar-refractivity contribution is 7.13. The Bertz CT molecular complexity index is 784. The fraction of sp³-hybridized carbons (Fsp3) is 0.389. The maximum absolute atomic E-state index is 12.1. The highest BCUT2D eigenvalue weighted by atomic mass is 35.5. The first-order chi connectivity index (χ1) is 12.0. The third kappa shape index (κ3) is 4.80. The number of hydrogen-bond donors (Lipinski definition) is 2. The van der Waals surface area contributed by atoms with Crippen LogP contribution < -0.4 is 10.6 Å². The van der Waals surface area contributed by atoms with E-state index in [-0.39, 0.29) is 24.2 Å². The summed E-state index contributed by atoms with van der Waals surface area (Å²) >= 11 is 7.41. The Hall–Kier alpha value is -1.92. The second kappa shape index (κ2) is 7.97. The first kappa shape index (κ1) is 17.9. The van der Waals surface area contributed by atoms with Gasteiger partial charge in [-0.25, -0.2) is 4.98 Å². The van der Waals surface area contributed by atoms with E-state index in [1.54, 1.807) is 11.4 Å². The van der Waals surface area contributed by atoms with Crippen LogP contribution in [0.4, 0.5) is 10.8 Å². The molecule has 7 heteroatoms. The zero-order chi connectivity index (χ0) is 17.8. The van der Waals surface area contributed by atoms with Gasteiger partial charge < -0.3 is 10.6 Å². The van der Waals surface area contributed by atoms with E-state index in [9.17, 15) is 9.59 Å². The molecule has 1 saturated carbocycles. The standard InChI is InChI=1S/C18H20ClN3O2S/c1-11-6-7-13(8-15(11)19)20-16(23)9-14-10-25-18(21-14)22-17(24)12-4-2-3-5-12/h6-8,10,12H,2-5,9H2,1H3,(H,20,23)(H,21,22,24). The molecule has 2 N–H and O–H groups in total. The zero-order valence-corrected chi connectivity index (χ0v) is 15.5. The van der Waals surface area contributed by atoms with E-state index in [4.69, 9.17) is 11.6 Å². The van der Waals surface area contributed by atoms with Gasteiger partial charge in [0.25, 0.3) is 0 Å². The molecule has 2 amide bonds. The van der Waals surface area contributed by atoms with Gasteiger partial charge in [-0.15, -0.1) is 11.3 Å². The summed E-state index contributed by atoms with van der Waals surface area (Å²) in [7, 11) is 0. The van der Waals surface area contributed by atoms with Gasteiger partial charge in [0.05, 0.1) is 12.1 Å². The van der Waals surface area contributed by atoms with Gasteiger partial charge in [0.15, 0.2) is 5.13 Å². The average Bonchev–Trinajstić information content (AvgIpc) is 3.23. The molecule has 1 aliphatic rings. The summed E-state index contributed by atoms with van der Waals surface area (Å²) in [5, 5.41) is 8.63. The van der Waals surface area contributed by atoms with Crippen LogP contribution in [0.15, 0.2) is 23.6 Å². The predicted molar refractivity (Wildman–Crippen MR) is 101 cm³/mol. The number of nitrogens with one attached hydrogen (secondary N) is 2. The summed E-state index contributed by atoms with van der Waals surface area (Å²) in [4.78, 5) is 28.6. The molecule has 1 aliphatic carbocycles. The van der Waals surface area contributed by atoms with Gasteiger partial charge in [-0.2, -0.15) is 0 Å². The molecule has 1 fully saturated rings. The summed E-state index contributed by atoms with van der Waals surface area (Å²) in [5.41, 5.74) is 2.26. The number of benzene rings is 1. The van der Waals surface area contributed by atoms with Crippen LogP contribution >= 0.6 is 22.9 Å². The number of nitrogens with zero attached hydrogens (tertiary/aromatic N) is 1. The van der Waals surface area contributed by atoms with Crippen LogP contribution in [0.5, 0.6) is 0 Å². The summed E-state index contributed by atoms with van der Waals surface area (Å²) in [6.45, 7) is 1.91. The Morgan fingerprint density at radius 3 is 2.76 bits per heavy atom. The van der Waals surface area contributed by atoms with E-state index in [2.05, 4.69) is 15.6 Å². The molecule has 1 heterocycles. The van der Waals surface area contributed by atoms with Crippen molar-refractivity contribution in [3.05, 3.63) is 39.9 Å². The Kier molecular flexibility index (Phi) is 5.71. The van der Waals surface area contributed by atoms with E-state index >= 15 is 0 Å². The second-order valence-corrected chi connectivity index (χ2v) is 7.57. The van der Waals surface area contributed by atoms with Crippen molar-refractivity contribution in [3.63, 3.8) is 0 Å². The molecule has 3 rings (SSSR count). The summed E-state index contributed by atoms with van der Waals surface area (Å²) in [6, 6.07) is 5.40. The fourth-order valence-electron chi connectivity index (χ4n) is 2.88. The van der Waals surface area contributed by atoms with E-state index in [0.717, 1.165) is 31.2 Å². The number of carbonyl (C=O) groups is 2. The smallest absolute Gasteiger partial charge is 0.230 e. The molecule has 2 aromatic rings. The molecule has 0 saturated heterocycles. The van der Waals surface area contributed by atoms with Crippen molar-refractivity contribution in [1.29, 1.82) is 0 Å². The van der Waals surface area contributed by atoms with Crippen molar-refractivity contribution < 1.29 is 9.59 Å². The third-order valence-electron chi connectivity index (χ3n) is 4.31. The SMILES string of the molecule is Cc1ccc(NC(=O)Cc2csc(NC(=O)C3CCCC3)n2)cc1Cl. The van der Waals surface area contributed by atoms with Crippen molar-refractivity contribution in [2.75, 3.05) is 10.6 Å². The largest absolute Gasteiger partial charge is 0.326 e. The van der Waals surface area contributed by atoms with Crippen molar-refractivity contribution in [2.24, 2.45) is 5.92 Å². The Morgan fingerprint density at radius 1 is 1.28 bits per heavy atom. The zero-order valence-electron chi connectivity index (χ0n) is 14.0. The first-order valence-corrected chi connectivity index (χ1v) is 9.58. The molecule has 0 spiro atoms. The fourth-order valence-corrected chi connectivity index (χ4v) is 3.78. The maximum Gasteiger partial charge on any atom is 0.230 e. The number of aryl methyl sites for hydroxylation is 1. The molecule has 132 valence electrons. The molecule has 0 unspecified atom stereocenters. The molecule has 0 radical (unpaired) electrons. The van der Waals surface area contributed by atoms with Crippen LogP contribution in [0.3, 0.4) is 0 Å². The number of hydrogen-bond acceptors (Lipinski definition) is 4. The minimum absolute atomic E-state index is 0.0390. The van der Waals surface area contributed by atoms with Crippen LogP contribution in [0.2, 0.25) is 5.02 Å². The number of carbonyl (C=O) groups excluding carboxylic acids is 2. The van der Waals surface area contributed by atoms with Gasteiger partial charge in [0.1, 0.15) is 0 Å². The molecular weight excluding hydrogens is 358 g/mol. The number of aromatic nitrogens is 1. The molecule has 25 heavy (non-hydrogen) atoms. The topological polar surface area (TPSA) is 71.1 Å². The van der Waals surface area contributed by atoms with E-state index < -0.39 is 0 Å². The first-order valence-electron chi connectivity index (χ1n) is 8.32. The van der Waals surface area contributed by atoms with Crippen LogP contribution in [0, 0.1) is 12.8 Å². The van der Waals surface area contributed by atoms with Crippen LogP contribution in [0.1, 0.15) is 36.9 Å². The molecule has 1 aromatic carbocycles. The van der Waals surface area contributed by atoms with Gasteiger partial charge in [-0.05, 0) is 37.5 Å². The minimum atomic E-state index is -0.168. The average molecular weight is 378 g/mol. The van der Waals surface area contributed by atoms with Crippen molar-refractivity contribution in [2.45, 2.75) is 39.0 Å². The van der Waals surface area contributed by atoms with Crippen LogP contribution in [-0.4, -0.2) is 16.8 Å². The number of rotatable bonds is 5. The van der Waals surface area contributed by atoms with Gasteiger partial charge in [-0.3, -0.25) is 9.59 Å². The molecule has 1 aromatic heterocycles. The van der Waals surface area contributed by atoms with Gasteiger partial charge >= 0.3 is 0 Å².